The van der Waals surface area contributed by atoms with Crippen molar-refractivity contribution in [1.29, 1.82) is 5.26 Å². The molecule has 3 aromatic carbocycles. The van der Waals surface area contributed by atoms with Crippen LogP contribution < -0.4 is 10.1 Å². The number of benzene rings is 3. The molecule has 0 aromatic heterocycles. The fraction of sp³-hybridized carbons (Fsp3) is 0.174. The lowest BCUT2D eigenvalue weighted by atomic mass is 10.1. The van der Waals surface area contributed by atoms with Crippen molar-refractivity contribution < 1.29 is 19.4 Å². The van der Waals surface area contributed by atoms with E-state index in [1.807, 2.05) is 12.1 Å². The number of nitriles is 1. The Balaban J connectivity index is 1.65. The average molecular weight is 421 g/mol. The van der Waals surface area contributed by atoms with E-state index in [0.717, 1.165) is 23.6 Å². The van der Waals surface area contributed by atoms with Crippen LogP contribution in [-0.2, 0) is 0 Å². The van der Waals surface area contributed by atoms with Gasteiger partial charge in [0.15, 0.2) is 0 Å². The summed E-state index contributed by atoms with van der Waals surface area (Å²) < 4.78 is 5.70. The number of aromatic carboxylic acids is 1. The van der Waals surface area contributed by atoms with E-state index in [-0.39, 0.29) is 22.6 Å². The van der Waals surface area contributed by atoms with Crippen LogP contribution in [-0.4, -0.2) is 23.6 Å². The van der Waals surface area contributed by atoms with Crippen LogP contribution >= 0.6 is 11.6 Å². The Hall–Kier alpha value is -3.56. The Kier molecular flexibility index (Phi) is 5.30. The normalized spacial score (nSPS) is 12.9. The number of nitrogens with zero attached hydrogens (tertiary/aromatic N) is 1. The number of rotatable bonds is 6. The zero-order valence-corrected chi connectivity index (χ0v) is 16.6. The number of carbonyl (C=O) groups is 2. The molecule has 1 amide bonds. The molecule has 1 fully saturated rings. The minimum atomic E-state index is -1.25. The van der Waals surface area contributed by atoms with Crippen molar-refractivity contribution in [2.24, 2.45) is 5.92 Å². The van der Waals surface area contributed by atoms with Gasteiger partial charge in [0.2, 0.25) is 0 Å². The van der Waals surface area contributed by atoms with Crippen molar-refractivity contribution >= 4 is 39.9 Å². The molecule has 2 N–H and O–H groups in total. The predicted molar refractivity (Wildman–Crippen MR) is 113 cm³/mol. The van der Waals surface area contributed by atoms with Crippen LogP contribution in [0.15, 0.2) is 48.5 Å². The summed E-state index contributed by atoms with van der Waals surface area (Å²) in [7, 11) is 0. The van der Waals surface area contributed by atoms with Crippen LogP contribution in [0.3, 0.4) is 0 Å². The second-order valence-electron chi connectivity index (χ2n) is 7.23. The molecule has 0 atom stereocenters. The lowest BCUT2D eigenvalue weighted by Crippen LogP contribution is -2.15. The lowest BCUT2D eigenvalue weighted by molar-refractivity contribution is 0.0698. The molecule has 0 spiro atoms. The van der Waals surface area contributed by atoms with Crippen LogP contribution in [0.25, 0.3) is 10.8 Å². The largest absolute Gasteiger partial charge is 0.492 e. The quantitative estimate of drug-likeness (QED) is 0.577. The van der Waals surface area contributed by atoms with Crippen LogP contribution in [0.4, 0.5) is 5.69 Å². The van der Waals surface area contributed by atoms with E-state index in [1.54, 1.807) is 30.3 Å². The van der Waals surface area contributed by atoms with E-state index in [4.69, 9.17) is 16.3 Å². The molecule has 6 nitrogen and oxygen atoms in total. The van der Waals surface area contributed by atoms with Gasteiger partial charge in [0.25, 0.3) is 5.91 Å². The first kappa shape index (κ1) is 19.7. The zero-order valence-electron chi connectivity index (χ0n) is 15.8. The van der Waals surface area contributed by atoms with E-state index in [0.29, 0.717) is 23.1 Å². The van der Waals surface area contributed by atoms with Crippen LogP contribution in [0.2, 0.25) is 5.02 Å². The standard InChI is InChI=1S/C23H17ClN2O4/c24-18-6-5-14-7-16(4-3-15(14)8-18)22(27)26-20-10-21(30-12-13-1-2-13)17(11-25)9-19(20)23(28)29/h3-10,13H,1-2,12H2,(H,26,27)(H,28,29). The molecule has 1 saturated carbocycles. The molecule has 0 heterocycles. The van der Waals surface area contributed by atoms with Gasteiger partial charge < -0.3 is 15.2 Å². The number of ether oxygens (including phenoxy) is 1. The first-order chi connectivity index (χ1) is 14.4. The molecule has 0 unspecified atom stereocenters. The highest BCUT2D eigenvalue weighted by Crippen LogP contribution is 2.33. The van der Waals surface area contributed by atoms with E-state index in [2.05, 4.69) is 5.32 Å². The van der Waals surface area contributed by atoms with Gasteiger partial charge >= 0.3 is 5.97 Å². The van der Waals surface area contributed by atoms with Crippen molar-refractivity contribution in [2.45, 2.75) is 12.8 Å². The Bertz CT molecular complexity index is 1210. The second-order valence-corrected chi connectivity index (χ2v) is 7.66. The maximum atomic E-state index is 12.8. The van der Waals surface area contributed by atoms with Crippen molar-refractivity contribution in [3.8, 4) is 11.8 Å². The summed E-state index contributed by atoms with van der Waals surface area (Å²) in [5, 5.41) is 23.9. The van der Waals surface area contributed by atoms with E-state index in [9.17, 15) is 20.0 Å². The Morgan fingerprint density at radius 3 is 2.57 bits per heavy atom. The van der Waals surface area contributed by atoms with Gasteiger partial charge in [-0.1, -0.05) is 23.7 Å². The number of amides is 1. The SMILES string of the molecule is N#Cc1cc(C(=O)O)c(NC(=O)c2ccc3cc(Cl)ccc3c2)cc1OCC1CC1. The first-order valence-electron chi connectivity index (χ1n) is 9.39. The predicted octanol–water partition coefficient (Wildman–Crippen LogP) is 5.10. The monoisotopic (exact) mass is 420 g/mol. The van der Waals surface area contributed by atoms with E-state index < -0.39 is 11.9 Å². The number of hydrogen-bond donors (Lipinski definition) is 2. The number of hydrogen-bond acceptors (Lipinski definition) is 4. The molecule has 1 aliphatic carbocycles. The Morgan fingerprint density at radius 1 is 1.13 bits per heavy atom. The maximum absolute atomic E-state index is 12.8. The van der Waals surface area contributed by atoms with Gasteiger partial charge in [-0.2, -0.15) is 5.26 Å². The molecular weight excluding hydrogens is 404 g/mol. The molecule has 1 aliphatic rings. The second kappa shape index (κ2) is 8.05. The average Bonchev–Trinajstić information content (AvgIpc) is 3.56. The summed E-state index contributed by atoms with van der Waals surface area (Å²) in [6.45, 7) is 0.460. The minimum absolute atomic E-state index is 0.0773. The number of fused-ring (bicyclic) bond motifs is 1. The summed E-state index contributed by atoms with van der Waals surface area (Å²) in [6.07, 6.45) is 2.15. The van der Waals surface area contributed by atoms with Crippen LogP contribution in [0, 0.1) is 17.2 Å². The van der Waals surface area contributed by atoms with Crippen molar-refractivity contribution in [1.82, 2.24) is 0 Å². The van der Waals surface area contributed by atoms with Crippen molar-refractivity contribution in [2.75, 3.05) is 11.9 Å². The van der Waals surface area contributed by atoms with Gasteiger partial charge in [0.05, 0.1) is 23.4 Å². The van der Waals surface area contributed by atoms with Gasteiger partial charge in [0.1, 0.15) is 11.8 Å². The van der Waals surface area contributed by atoms with Crippen LogP contribution in [0.1, 0.15) is 39.1 Å². The van der Waals surface area contributed by atoms with Gasteiger partial charge in [-0.25, -0.2) is 4.79 Å². The highest BCUT2D eigenvalue weighted by atomic mass is 35.5. The molecule has 0 saturated heterocycles. The highest BCUT2D eigenvalue weighted by Gasteiger charge is 2.24. The number of nitrogens with one attached hydrogen (secondary N) is 1. The number of carboxylic acid groups (broad SMARTS) is 1. The van der Waals surface area contributed by atoms with E-state index in [1.165, 1.54) is 12.1 Å². The van der Waals surface area contributed by atoms with Gasteiger partial charge in [0, 0.05) is 16.7 Å². The van der Waals surface area contributed by atoms with Crippen molar-refractivity contribution in [3.05, 3.63) is 70.2 Å². The van der Waals surface area contributed by atoms with Gasteiger partial charge in [-0.15, -0.1) is 0 Å². The summed E-state index contributed by atoms with van der Waals surface area (Å²) in [6, 6.07) is 15.1. The molecule has 150 valence electrons. The molecule has 30 heavy (non-hydrogen) atoms. The third kappa shape index (κ3) is 4.22. The van der Waals surface area contributed by atoms with Crippen LogP contribution in [0.5, 0.6) is 5.75 Å². The molecular formula is C23H17ClN2O4. The van der Waals surface area contributed by atoms with Gasteiger partial charge in [-0.3, -0.25) is 4.79 Å². The van der Waals surface area contributed by atoms with E-state index >= 15 is 0 Å². The molecule has 0 bridgehead atoms. The van der Waals surface area contributed by atoms with Crippen molar-refractivity contribution in [3.63, 3.8) is 0 Å². The first-order valence-corrected chi connectivity index (χ1v) is 9.77. The number of halogens is 1. The molecule has 3 aromatic rings. The number of carbonyl (C=O) groups excluding carboxylic acids is 1. The highest BCUT2D eigenvalue weighted by molar-refractivity contribution is 6.31. The molecule has 0 aliphatic heterocycles. The molecule has 4 rings (SSSR count). The maximum Gasteiger partial charge on any atom is 0.337 e. The summed E-state index contributed by atoms with van der Waals surface area (Å²) >= 11 is 5.99. The summed E-state index contributed by atoms with van der Waals surface area (Å²) in [5.74, 6) is -0.992. The topological polar surface area (TPSA) is 99.4 Å². The molecule has 0 radical (unpaired) electrons. The Labute approximate surface area is 177 Å². The number of anilines is 1. The number of carboxylic acids is 1. The van der Waals surface area contributed by atoms with Gasteiger partial charge in [-0.05, 0) is 59.9 Å². The third-order valence-electron chi connectivity index (χ3n) is 4.95. The smallest absolute Gasteiger partial charge is 0.337 e. The fourth-order valence-electron chi connectivity index (χ4n) is 3.11. The third-order valence-corrected chi connectivity index (χ3v) is 5.19. The molecule has 7 heteroatoms. The summed E-state index contributed by atoms with van der Waals surface area (Å²) in [4.78, 5) is 24.5. The fourth-order valence-corrected chi connectivity index (χ4v) is 3.29. The lowest BCUT2D eigenvalue weighted by Gasteiger charge is -2.14. The Morgan fingerprint density at radius 2 is 1.87 bits per heavy atom. The summed E-state index contributed by atoms with van der Waals surface area (Å²) in [5.41, 5.74) is 0.388. The zero-order chi connectivity index (χ0) is 21.3. The minimum Gasteiger partial charge on any atom is -0.492 e.